The van der Waals surface area contributed by atoms with Gasteiger partial charge in [-0.25, -0.2) is 0 Å². The van der Waals surface area contributed by atoms with Crippen molar-refractivity contribution in [1.82, 2.24) is 0 Å². The number of nitrogens with two attached hydrogens (primary N) is 1. The highest BCUT2D eigenvalue weighted by atomic mass is 14.6. The molecule has 2 N–H and O–H groups in total. The van der Waals surface area contributed by atoms with Gasteiger partial charge in [0, 0.05) is 6.04 Å². The summed E-state index contributed by atoms with van der Waals surface area (Å²) in [6.07, 6.45) is 10.4. The van der Waals surface area contributed by atoms with Crippen LogP contribution in [0.2, 0.25) is 0 Å². The molecule has 0 aromatic carbocycles. The Morgan fingerprint density at radius 3 is 2.00 bits per heavy atom. The molecular formula is C11H25N. The second-order valence-electron chi connectivity index (χ2n) is 3.75. The van der Waals surface area contributed by atoms with Crippen LogP contribution in [0.15, 0.2) is 0 Å². The van der Waals surface area contributed by atoms with Crippen molar-refractivity contribution < 1.29 is 0 Å². The largest absolute Gasteiger partial charge is 0.328 e. The zero-order valence-corrected chi connectivity index (χ0v) is 8.81. The monoisotopic (exact) mass is 171 g/mol. The number of rotatable bonds is 8. The van der Waals surface area contributed by atoms with E-state index >= 15 is 0 Å². The maximum absolute atomic E-state index is 5.94. The zero-order chi connectivity index (χ0) is 9.23. The minimum atomic E-state index is 0.474. The van der Waals surface area contributed by atoms with Gasteiger partial charge in [-0.1, -0.05) is 52.4 Å². The van der Waals surface area contributed by atoms with Crippen molar-refractivity contribution in [3.05, 3.63) is 0 Å². The Kier molecular flexibility index (Phi) is 9.02. The molecule has 0 aromatic rings. The van der Waals surface area contributed by atoms with Gasteiger partial charge in [-0.15, -0.1) is 0 Å². The maximum atomic E-state index is 5.94. The average molecular weight is 171 g/mol. The molecule has 1 heteroatoms. The van der Waals surface area contributed by atoms with Crippen LogP contribution in [0.25, 0.3) is 0 Å². The van der Waals surface area contributed by atoms with E-state index in [1.807, 2.05) is 0 Å². The molecule has 74 valence electrons. The molecule has 0 aromatic heterocycles. The summed E-state index contributed by atoms with van der Waals surface area (Å²) in [7, 11) is 0. The maximum Gasteiger partial charge on any atom is 0.00388 e. The lowest BCUT2D eigenvalue weighted by atomic mass is 10.0. The Bertz CT molecular complexity index is 81.1. The predicted octanol–water partition coefficient (Wildman–Crippen LogP) is 3.47. The SMILES string of the molecule is CCCCCCC(N)CCCC. The van der Waals surface area contributed by atoms with E-state index in [4.69, 9.17) is 5.73 Å². The van der Waals surface area contributed by atoms with E-state index in [0.717, 1.165) is 0 Å². The molecular weight excluding hydrogens is 146 g/mol. The van der Waals surface area contributed by atoms with Gasteiger partial charge in [0.05, 0.1) is 0 Å². The molecule has 1 atom stereocenters. The predicted molar refractivity (Wildman–Crippen MR) is 56.3 cm³/mol. The van der Waals surface area contributed by atoms with Crippen LogP contribution >= 0.6 is 0 Å². The Morgan fingerprint density at radius 2 is 1.42 bits per heavy atom. The molecule has 0 spiro atoms. The van der Waals surface area contributed by atoms with Crippen LogP contribution < -0.4 is 5.73 Å². The molecule has 0 aliphatic heterocycles. The van der Waals surface area contributed by atoms with Crippen molar-refractivity contribution in [3.8, 4) is 0 Å². The quantitative estimate of drug-likeness (QED) is 0.556. The summed E-state index contributed by atoms with van der Waals surface area (Å²) in [6.45, 7) is 4.47. The van der Waals surface area contributed by atoms with Crippen LogP contribution in [0.3, 0.4) is 0 Å². The molecule has 0 fully saturated rings. The van der Waals surface area contributed by atoms with E-state index in [1.54, 1.807) is 0 Å². The highest BCUT2D eigenvalue weighted by molar-refractivity contribution is 4.60. The van der Waals surface area contributed by atoms with Gasteiger partial charge in [0.1, 0.15) is 0 Å². The van der Waals surface area contributed by atoms with Crippen LogP contribution in [0.4, 0.5) is 0 Å². The lowest BCUT2D eigenvalue weighted by Gasteiger charge is -2.09. The van der Waals surface area contributed by atoms with Gasteiger partial charge in [0.15, 0.2) is 0 Å². The van der Waals surface area contributed by atoms with Gasteiger partial charge in [-0.2, -0.15) is 0 Å². The average Bonchev–Trinajstić information content (AvgIpc) is 2.09. The molecule has 1 unspecified atom stereocenters. The highest BCUT2D eigenvalue weighted by Crippen LogP contribution is 2.08. The smallest absolute Gasteiger partial charge is 0.00388 e. The van der Waals surface area contributed by atoms with Crippen LogP contribution in [0.1, 0.15) is 65.2 Å². The third-order valence-corrected chi connectivity index (χ3v) is 2.36. The number of hydrogen-bond donors (Lipinski definition) is 1. The number of unbranched alkanes of at least 4 members (excludes halogenated alkanes) is 4. The van der Waals surface area contributed by atoms with Gasteiger partial charge in [-0.05, 0) is 12.8 Å². The van der Waals surface area contributed by atoms with Gasteiger partial charge in [0.25, 0.3) is 0 Å². The van der Waals surface area contributed by atoms with Crippen LogP contribution in [-0.4, -0.2) is 6.04 Å². The summed E-state index contributed by atoms with van der Waals surface area (Å²) >= 11 is 0. The minimum Gasteiger partial charge on any atom is -0.328 e. The van der Waals surface area contributed by atoms with Crippen molar-refractivity contribution in [2.24, 2.45) is 5.73 Å². The van der Waals surface area contributed by atoms with E-state index in [0.29, 0.717) is 6.04 Å². The molecule has 0 aliphatic rings. The lowest BCUT2D eigenvalue weighted by molar-refractivity contribution is 0.505. The first kappa shape index (κ1) is 12.0. The van der Waals surface area contributed by atoms with E-state index in [2.05, 4.69) is 13.8 Å². The first-order valence-corrected chi connectivity index (χ1v) is 5.56. The Balaban J connectivity index is 3.02. The van der Waals surface area contributed by atoms with Gasteiger partial charge in [-0.3, -0.25) is 0 Å². The van der Waals surface area contributed by atoms with Gasteiger partial charge >= 0.3 is 0 Å². The number of hydrogen-bond acceptors (Lipinski definition) is 1. The molecule has 0 amide bonds. The fourth-order valence-electron chi connectivity index (χ4n) is 1.44. The summed E-state index contributed by atoms with van der Waals surface area (Å²) in [5, 5.41) is 0. The van der Waals surface area contributed by atoms with Crippen molar-refractivity contribution in [3.63, 3.8) is 0 Å². The first-order chi connectivity index (χ1) is 5.81. The molecule has 0 heterocycles. The Hall–Kier alpha value is -0.0400. The molecule has 1 nitrogen and oxygen atoms in total. The molecule has 0 bridgehead atoms. The van der Waals surface area contributed by atoms with E-state index in [9.17, 15) is 0 Å². The van der Waals surface area contributed by atoms with Crippen LogP contribution in [-0.2, 0) is 0 Å². The van der Waals surface area contributed by atoms with Crippen molar-refractivity contribution in [2.45, 2.75) is 71.3 Å². The van der Waals surface area contributed by atoms with Gasteiger partial charge < -0.3 is 5.73 Å². The van der Waals surface area contributed by atoms with E-state index < -0.39 is 0 Å². The summed E-state index contributed by atoms with van der Waals surface area (Å²) in [5.41, 5.74) is 5.94. The van der Waals surface area contributed by atoms with Crippen LogP contribution in [0.5, 0.6) is 0 Å². The second kappa shape index (κ2) is 9.05. The Morgan fingerprint density at radius 1 is 0.833 bits per heavy atom. The summed E-state index contributed by atoms with van der Waals surface area (Å²) in [6, 6.07) is 0.474. The third-order valence-electron chi connectivity index (χ3n) is 2.36. The summed E-state index contributed by atoms with van der Waals surface area (Å²) in [5.74, 6) is 0. The molecule has 0 rings (SSSR count). The fraction of sp³-hybridized carbons (Fsp3) is 1.00. The second-order valence-corrected chi connectivity index (χ2v) is 3.75. The van der Waals surface area contributed by atoms with Crippen molar-refractivity contribution in [2.75, 3.05) is 0 Å². The fourth-order valence-corrected chi connectivity index (χ4v) is 1.44. The topological polar surface area (TPSA) is 26.0 Å². The molecule has 0 saturated heterocycles. The minimum absolute atomic E-state index is 0.474. The molecule has 12 heavy (non-hydrogen) atoms. The third kappa shape index (κ3) is 8.06. The van der Waals surface area contributed by atoms with Crippen molar-refractivity contribution >= 4 is 0 Å². The zero-order valence-electron chi connectivity index (χ0n) is 8.81. The van der Waals surface area contributed by atoms with Gasteiger partial charge in [0.2, 0.25) is 0 Å². The molecule has 0 radical (unpaired) electrons. The molecule has 0 aliphatic carbocycles. The highest BCUT2D eigenvalue weighted by Gasteiger charge is 2.00. The van der Waals surface area contributed by atoms with E-state index in [1.165, 1.54) is 51.4 Å². The lowest BCUT2D eigenvalue weighted by Crippen LogP contribution is -2.19. The first-order valence-electron chi connectivity index (χ1n) is 5.56. The molecule has 0 saturated carbocycles. The Labute approximate surface area is 77.7 Å². The van der Waals surface area contributed by atoms with E-state index in [-0.39, 0.29) is 0 Å². The summed E-state index contributed by atoms with van der Waals surface area (Å²) < 4.78 is 0. The van der Waals surface area contributed by atoms with Crippen molar-refractivity contribution in [1.29, 1.82) is 0 Å². The normalized spacial score (nSPS) is 13.2. The van der Waals surface area contributed by atoms with Crippen LogP contribution in [0, 0.1) is 0 Å². The summed E-state index contributed by atoms with van der Waals surface area (Å²) in [4.78, 5) is 0. The standard InChI is InChI=1S/C11H25N/c1-3-5-7-8-10-11(12)9-6-4-2/h11H,3-10,12H2,1-2H3.